The summed E-state index contributed by atoms with van der Waals surface area (Å²) in [5.74, 6) is -2.64. The third kappa shape index (κ3) is 3.61. The SMILES string of the molecule is CC(C)(C)OC(=O)N1C[C@@H](C(F)(F)F)CC1=O. The maximum absolute atomic E-state index is 12.4. The molecule has 0 unspecified atom stereocenters. The first-order chi connectivity index (χ1) is 7.50. The minimum absolute atomic E-state index is 0.517. The molecule has 1 aliphatic heterocycles. The van der Waals surface area contributed by atoms with Crippen LogP contribution in [0.2, 0.25) is 0 Å². The zero-order chi connectivity index (χ0) is 13.4. The second-order valence-electron chi connectivity index (χ2n) is 4.93. The molecule has 1 saturated heterocycles. The van der Waals surface area contributed by atoms with Gasteiger partial charge in [0.05, 0.1) is 5.92 Å². The number of likely N-dealkylation sites (tertiary alicyclic amines) is 1. The highest BCUT2D eigenvalue weighted by atomic mass is 19.4. The Labute approximate surface area is 96.7 Å². The number of hydrogen-bond acceptors (Lipinski definition) is 3. The zero-order valence-electron chi connectivity index (χ0n) is 9.80. The molecule has 2 amide bonds. The molecule has 1 rings (SSSR count). The number of hydrogen-bond donors (Lipinski definition) is 0. The Balaban J connectivity index is 2.69. The molecule has 7 heteroatoms. The summed E-state index contributed by atoms with van der Waals surface area (Å²) in [5, 5.41) is 0. The fourth-order valence-electron chi connectivity index (χ4n) is 1.42. The molecule has 0 radical (unpaired) electrons. The van der Waals surface area contributed by atoms with Crippen LogP contribution in [0.15, 0.2) is 0 Å². The summed E-state index contributed by atoms with van der Waals surface area (Å²) in [6.07, 6.45) is -6.18. The number of carbonyl (C=O) groups is 2. The van der Waals surface area contributed by atoms with E-state index in [2.05, 4.69) is 0 Å². The number of ether oxygens (including phenoxy) is 1. The summed E-state index contributed by atoms with van der Waals surface area (Å²) < 4.78 is 42.0. The van der Waals surface area contributed by atoms with Crippen LogP contribution in [0.3, 0.4) is 0 Å². The Morgan fingerprint density at radius 3 is 2.24 bits per heavy atom. The monoisotopic (exact) mass is 253 g/mol. The van der Waals surface area contributed by atoms with Gasteiger partial charge in [-0.1, -0.05) is 0 Å². The van der Waals surface area contributed by atoms with Crippen LogP contribution < -0.4 is 0 Å². The summed E-state index contributed by atoms with van der Waals surface area (Å²) in [6.45, 7) is 4.07. The van der Waals surface area contributed by atoms with Crippen molar-refractivity contribution in [3.05, 3.63) is 0 Å². The van der Waals surface area contributed by atoms with Gasteiger partial charge in [0.2, 0.25) is 5.91 Å². The van der Waals surface area contributed by atoms with Crippen molar-refractivity contribution in [2.24, 2.45) is 5.92 Å². The predicted molar refractivity (Wildman–Crippen MR) is 52.1 cm³/mol. The van der Waals surface area contributed by atoms with Crippen LogP contribution in [0.4, 0.5) is 18.0 Å². The van der Waals surface area contributed by atoms with E-state index in [9.17, 15) is 22.8 Å². The zero-order valence-corrected chi connectivity index (χ0v) is 9.80. The lowest BCUT2D eigenvalue weighted by Crippen LogP contribution is -2.38. The molecule has 1 heterocycles. The van der Waals surface area contributed by atoms with Crippen molar-refractivity contribution in [2.45, 2.75) is 39.0 Å². The van der Waals surface area contributed by atoms with Crippen LogP contribution in [0.1, 0.15) is 27.2 Å². The van der Waals surface area contributed by atoms with Crippen LogP contribution >= 0.6 is 0 Å². The van der Waals surface area contributed by atoms with Crippen LogP contribution in [0.5, 0.6) is 0 Å². The van der Waals surface area contributed by atoms with Gasteiger partial charge in [0.1, 0.15) is 5.60 Å². The second kappa shape index (κ2) is 4.19. The Morgan fingerprint density at radius 1 is 1.35 bits per heavy atom. The lowest BCUT2D eigenvalue weighted by atomic mass is 10.1. The van der Waals surface area contributed by atoms with Gasteiger partial charge >= 0.3 is 12.3 Å². The van der Waals surface area contributed by atoms with E-state index in [0.717, 1.165) is 0 Å². The van der Waals surface area contributed by atoms with E-state index in [1.165, 1.54) is 0 Å². The molecule has 1 fully saturated rings. The van der Waals surface area contributed by atoms with Crippen LogP contribution in [0, 0.1) is 5.92 Å². The smallest absolute Gasteiger partial charge is 0.417 e. The number of halogens is 3. The van der Waals surface area contributed by atoms with Crippen molar-refractivity contribution in [3.8, 4) is 0 Å². The first kappa shape index (κ1) is 13.8. The minimum Gasteiger partial charge on any atom is -0.443 e. The Morgan fingerprint density at radius 2 is 1.88 bits per heavy atom. The molecule has 0 aromatic heterocycles. The lowest BCUT2D eigenvalue weighted by Gasteiger charge is -2.23. The molecule has 0 aromatic rings. The Kier molecular flexibility index (Phi) is 3.40. The standard InChI is InChI=1S/C10H14F3NO3/c1-9(2,3)17-8(16)14-5-6(4-7(14)15)10(11,12)13/h6H,4-5H2,1-3H3/t6-/m0/s1. The van der Waals surface area contributed by atoms with E-state index in [1.54, 1.807) is 20.8 Å². The largest absolute Gasteiger partial charge is 0.443 e. The van der Waals surface area contributed by atoms with Gasteiger partial charge in [0.25, 0.3) is 0 Å². The van der Waals surface area contributed by atoms with Crippen molar-refractivity contribution in [2.75, 3.05) is 6.54 Å². The van der Waals surface area contributed by atoms with Gasteiger partial charge in [0.15, 0.2) is 0 Å². The maximum atomic E-state index is 12.4. The molecule has 17 heavy (non-hydrogen) atoms. The summed E-state index contributed by atoms with van der Waals surface area (Å²) in [5.41, 5.74) is -0.840. The molecule has 98 valence electrons. The summed E-state index contributed by atoms with van der Waals surface area (Å²) >= 11 is 0. The van der Waals surface area contributed by atoms with Crippen molar-refractivity contribution in [1.82, 2.24) is 4.90 Å². The van der Waals surface area contributed by atoms with Gasteiger partial charge in [0, 0.05) is 13.0 Å². The average Bonchev–Trinajstić information content (AvgIpc) is 2.42. The van der Waals surface area contributed by atoms with Crippen molar-refractivity contribution < 1.29 is 27.5 Å². The molecule has 0 spiro atoms. The van der Waals surface area contributed by atoms with E-state index < -0.39 is 42.7 Å². The Hall–Kier alpha value is -1.27. The molecule has 0 aliphatic carbocycles. The lowest BCUT2D eigenvalue weighted by molar-refractivity contribution is -0.170. The average molecular weight is 253 g/mol. The maximum Gasteiger partial charge on any atom is 0.417 e. The topological polar surface area (TPSA) is 46.6 Å². The summed E-state index contributed by atoms with van der Waals surface area (Å²) in [7, 11) is 0. The normalized spacial score (nSPS) is 21.9. The van der Waals surface area contributed by atoms with E-state index in [4.69, 9.17) is 4.74 Å². The minimum atomic E-state index is -4.47. The highest BCUT2D eigenvalue weighted by Gasteiger charge is 2.49. The number of rotatable bonds is 0. The third-order valence-corrected chi connectivity index (χ3v) is 2.20. The molecule has 4 nitrogen and oxygen atoms in total. The van der Waals surface area contributed by atoms with E-state index in [1.807, 2.05) is 0 Å². The summed E-state index contributed by atoms with van der Waals surface area (Å²) in [6, 6.07) is 0. The molecule has 1 aliphatic rings. The number of alkyl halides is 3. The van der Waals surface area contributed by atoms with Gasteiger partial charge in [-0.3, -0.25) is 4.79 Å². The van der Waals surface area contributed by atoms with Crippen molar-refractivity contribution in [1.29, 1.82) is 0 Å². The van der Waals surface area contributed by atoms with Gasteiger partial charge in [-0.15, -0.1) is 0 Å². The van der Waals surface area contributed by atoms with Crippen LogP contribution in [-0.2, 0) is 9.53 Å². The quantitative estimate of drug-likeness (QED) is 0.665. The Bertz CT molecular complexity index is 333. The highest BCUT2D eigenvalue weighted by molar-refractivity contribution is 5.93. The van der Waals surface area contributed by atoms with Gasteiger partial charge in [-0.05, 0) is 20.8 Å². The fourth-order valence-corrected chi connectivity index (χ4v) is 1.42. The number of imide groups is 1. The van der Waals surface area contributed by atoms with Gasteiger partial charge in [-0.2, -0.15) is 13.2 Å². The first-order valence-corrected chi connectivity index (χ1v) is 5.11. The summed E-state index contributed by atoms with van der Waals surface area (Å²) in [4.78, 5) is 23.3. The van der Waals surface area contributed by atoms with Gasteiger partial charge < -0.3 is 4.74 Å². The first-order valence-electron chi connectivity index (χ1n) is 5.11. The van der Waals surface area contributed by atoms with Crippen molar-refractivity contribution in [3.63, 3.8) is 0 Å². The van der Waals surface area contributed by atoms with Crippen LogP contribution in [0.25, 0.3) is 0 Å². The van der Waals surface area contributed by atoms with Gasteiger partial charge in [-0.25, -0.2) is 9.69 Å². The third-order valence-electron chi connectivity index (χ3n) is 2.20. The van der Waals surface area contributed by atoms with E-state index >= 15 is 0 Å². The molecule has 0 N–H and O–H groups in total. The number of nitrogens with zero attached hydrogens (tertiary/aromatic N) is 1. The molecule has 1 atom stereocenters. The van der Waals surface area contributed by atoms with E-state index in [0.29, 0.717) is 4.90 Å². The molecule has 0 saturated carbocycles. The fraction of sp³-hybridized carbons (Fsp3) is 0.800. The molecule has 0 aromatic carbocycles. The molecule has 0 bridgehead atoms. The molecular formula is C10H14F3NO3. The second-order valence-corrected chi connectivity index (χ2v) is 4.93. The predicted octanol–water partition coefficient (Wildman–Crippen LogP) is 2.33. The van der Waals surface area contributed by atoms with Crippen LogP contribution in [-0.4, -0.2) is 35.2 Å². The highest BCUT2D eigenvalue weighted by Crippen LogP contribution is 2.34. The van der Waals surface area contributed by atoms with E-state index in [-0.39, 0.29) is 0 Å². The van der Waals surface area contributed by atoms with Crippen molar-refractivity contribution >= 4 is 12.0 Å². The molecular weight excluding hydrogens is 239 g/mol. The number of carbonyl (C=O) groups excluding carboxylic acids is 2. The number of amides is 2.